The zero-order valence-corrected chi connectivity index (χ0v) is 13.9. The SMILES string of the molecule is CCCCC12CCC(=O)C(C)=C1c1cc(F)c(N)c([N+](=O)[O-])c1C2. The summed E-state index contributed by atoms with van der Waals surface area (Å²) in [4.78, 5) is 23.1. The van der Waals surface area contributed by atoms with Crippen LogP contribution in [-0.2, 0) is 11.2 Å². The number of unbranched alkanes of at least 4 members (excludes halogenated alkanes) is 1. The molecule has 24 heavy (non-hydrogen) atoms. The molecule has 0 radical (unpaired) electrons. The number of Topliss-reactive ketones (excluding diaryl/α,β-unsaturated/α-hetero) is 1. The number of halogens is 1. The Balaban J connectivity index is 2.29. The van der Waals surface area contributed by atoms with Gasteiger partial charge in [0.2, 0.25) is 0 Å². The number of nitrogens with two attached hydrogens (primary N) is 1. The number of carbonyl (C=O) groups excluding carboxylic acids is 1. The van der Waals surface area contributed by atoms with Crippen LogP contribution in [0.2, 0.25) is 0 Å². The summed E-state index contributed by atoms with van der Waals surface area (Å²) in [5.41, 5.74) is 7.03. The maximum Gasteiger partial charge on any atom is 0.298 e. The Kier molecular flexibility index (Phi) is 3.94. The zero-order valence-electron chi connectivity index (χ0n) is 13.9. The Labute approximate surface area is 139 Å². The molecule has 6 heteroatoms. The summed E-state index contributed by atoms with van der Waals surface area (Å²) < 4.78 is 14.2. The zero-order chi connectivity index (χ0) is 17.6. The number of ketones is 1. The average Bonchev–Trinajstić information content (AvgIpc) is 2.84. The molecule has 1 aromatic carbocycles. The standard InChI is InChI=1S/C18H21FN2O3/c1-3-4-6-18-7-5-14(22)10(2)15(18)11-8-13(19)16(20)17(21(23)24)12(11)9-18/h8H,3-7,9,20H2,1-2H3. The summed E-state index contributed by atoms with van der Waals surface area (Å²) in [6, 6.07) is 1.28. The molecule has 0 saturated heterocycles. The highest BCUT2D eigenvalue weighted by atomic mass is 19.1. The molecule has 0 aliphatic heterocycles. The van der Waals surface area contributed by atoms with E-state index in [0.717, 1.165) is 24.8 Å². The molecule has 0 saturated carbocycles. The van der Waals surface area contributed by atoms with Gasteiger partial charge in [-0.1, -0.05) is 19.8 Å². The van der Waals surface area contributed by atoms with E-state index >= 15 is 0 Å². The fourth-order valence-corrected chi connectivity index (χ4v) is 4.36. The van der Waals surface area contributed by atoms with Crippen LogP contribution in [0.15, 0.2) is 11.6 Å². The lowest BCUT2D eigenvalue weighted by Crippen LogP contribution is -2.28. The lowest BCUT2D eigenvalue weighted by atomic mass is 9.67. The quantitative estimate of drug-likeness (QED) is 0.509. The first kappa shape index (κ1) is 16.6. The number of nitro groups is 1. The largest absolute Gasteiger partial charge is 0.391 e. The molecular weight excluding hydrogens is 311 g/mol. The third-order valence-electron chi connectivity index (χ3n) is 5.52. The van der Waals surface area contributed by atoms with Gasteiger partial charge in [0.25, 0.3) is 5.69 Å². The molecule has 1 unspecified atom stereocenters. The highest BCUT2D eigenvalue weighted by Crippen LogP contribution is 2.58. The van der Waals surface area contributed by atoms with Crippen LogP contribution in [0, 0.1) is 21.3 Å². The van der Waals surface area contributed by atoms with Gasteiger partial charge < -0.3 is 5.73 Å². The van der Waals surface area contributed by atoms with Crippen LogP contribution >= 0.6 is 0 Å². The molecule has 0 spiro atoms. The highest BCUT2D eigenvalue weighted by Gasteiger charge is 2.48. The van der Waals surface area contributed by atoms with E-state index in [1.54, 1.807) is 6.92 Å². The van der Waals surface area contributed by atoms with Crippen molar-refractivity contribution in [2.45, 2.75) is 52.4 Å². The Morgan fingerprint density at radius 3 is 2.79 bits per heavy atom. The molecule has 1 atom stereocenters. The molecule has 2 N–H and O–H groups in total. The number of nitro benzene ring substituents is 1. The molecule has 2 aliphatic rings. The van der Waals surface area contributed by atoms with Crippen LogP contribution in [0.5, 0.6) is 0 Å². The molecule has 5 nitrogen and oxygen atoms in total. The maximum absolute atomic E-state index is 14.2. The maximum atomic E-state index is 14.2. The number of nitrogen functional groups attached to an aromatic ring is 1. The van der Waals surface area contributed by atoms with Crippen LogP contribution in [0.1, 0.15) is 57.1 Å². The molecular formula is C18H21FN2O3. The fourth-order valence-electron chi connectivity index (χ4n) is 4.36. The number of hydrogen-bond donors (Lipinski definition) is 1. The summed E-state index contributed by atoms with van der Waals surface area (Å²) in [7, 11) is 0. The Bertz CT molecular complexity index is 785. The first-order chi connectivity index (χ1) is 11.3. The van der Waals surface area contributed by atoms with E-state index < -0.39 is 16.4 Å². The minimum absolute atomic E-state index is 0.0462. The van der Waals surface area contributed by atoms with Gasteiger partial charge in [-0.25, -0.2) is 4.39 Å². The van der Waals surface area contributed by atoms with Crippen molar-refractivity contribution in [3.8, 4) is 0 Å². The van der Waals surface area contributed by atoms with Crippen molar-refractivity contribution in [2.75, 3.05) is 5.73 Å². The number of rotatable bonds is 4. The Morgan fingerprint density at radius 2 is 2.17 bits per heavy atom. The average molecular weight is 332 g/mol. The number of nitrogens with zero attached hydrogens (tertiary/aromatic N) is 1. The summed E-state index contributed by atoms with van der Waals surface area (Å²) >= 11 is 0. The second-order valence-corrected chi connectivity index (χ2v) is 6.89. The number of fused-ring (bicyclic) bond motifs is 3. The monoisotopic (exact) mass is 332 g/mol. The minimum Gasteiger partial charge on any atom is -0.391 e. The van der Waals surface area contributed by atoms with Crippen LogP contribution in [-0.4, -0.2) is 10.7 Å². The third kappa shape index (κ3) is 2.24. The van der Waals surface area contributed by atoms with Crippen molar-refractivity contribution in [1.82, 2.24) is 0 Å². The summed E-state index contributed by atoms with van der Waals surface area (Å²) in [5.74, 6) is -0.741. The second kappa shape index (κ2) is 5.69. The molecule has 0 heterocycles. The van der Waals surface area contributed by atoms with Crippen molar-refractivity contribution in [3.05, 3.63) is 38.7 Å². The van der Waals surface area contributed by atoms with Crippen LogP contribution < -0.4 is 5.73 Å². The number of benzene rings is 1. The number of anilines is 1. The molecule has 0 bridgehead atoms. The molecule has 1 aromatic rings. The first-order valence-electron chi connectivity index (χ1n) is 8.32. The minimum atomic E-state index is -0.787. The third-order valence-corrected chi connectivity index (χ3v) is 5.52. The number of allylic oxidation sites excluding steroid dienone is 2. The molecule has 3 rings (SSSR count). The molecule has 128 valence electrons. The lowest BCUT2D eigenvalue weighted by molar-refractivity contribution is -0.384. The van der Waals surface area contributed by atoms with E-state index in [9.17, 15) is 19.3 Å². The second-order valence-electron chi connectivity index (χ2n) is 6.89. The normalized spacial score (nSPS) is 22.5. The van der Waals surface area contributed by atoms with E-state index in [0.29, 0.717) is 36.0 Å². The van der Waals surface area contributed by atoms with Gasteiger partial charge in [-0.3, -0.25) is 14.9 Å². The van der Waals surface area contributed by atoms with E-state index in [4.69, 9.17) is 5.73 Å². The predicted octanol–water partition coefficient (Wildman–Crippen LogP) is 4.19. The van der Waals surface area contributed by atoms with Gasteiger partial charge in [-0.15, -0.1) is 0 Å². The van der Waals surface area contributed by atoms with Gasteiger partial charge in [0.15, 0.2) is 11.6 Å². The number of hydrogen-bond acceptors (Lipinski definition) is 4. The van der Waals surface area contributed by atoms with Gasteiger partial charge in [0.05, 0.1) is 4.92 Å². The topological polar surface area (TPSA) is 86.2 Å². The van der Waals surface area contributed by atoms with Gasteiger partial charge >= 0.3 is 0 Å². The van der Waals surface area contributed by atoms with E-state index in [2.05, 4.69) is 6.92 Å². The fraction of sp³-hybridized carbons (Fsp3) is 0.500. The predicted molar refractivity (Wildman–Crippen MR) is 90.0 cm³/mol. The first-order valence-corrected chi connectivity index (χ1v) is 8.32. The van der Waals surface area contributed by atoms with E-state index in [1.807, 2.05) is 0 Å². The molecule has 0 fully saturated rings. The summed E-state index contributed by atoms with van der Waals surface area (Å²) in [5, 5.41) is 11.5. The molecule has 0 aromatic heterocycles. The Hall–Kier alpha value is -2.24. The highest BCUT2D eigenvalue weighted by molar-refractivity contribution is 6.06. The van der Waals surface area contributed by atoms with Crippen molar-refractivity contribution in [2.24, 2.45) is 5.41 Å². The van der Waals surface area contributed by atoms with Gasteiger partial charge in [0.1, 0.15) is 5.69 Å². The lowest BCUT2D eigenvalue weighted by Gasteiger charge is -2.35. The molecule has 0 amide bonds. The van der Waals surface area contributed by atoms with Gasteiger partial charge in [0, 0.05) is 17.4 Å². The van der Waals surface area contributed by atoms with E-state index in [-0.39, 0.29) is 16.9 Å². The van der Waals surface area contributed by atoms with Crippen molar-refractivity contribution >= 4 is 22.7 Å². The van der Waals surface area contributed by atoms with Gasteiger partial charge in [-0.2, -0.15) is 0 Å². The summed E-state index contributed by atoms with van der Waals surface area (Å²) in [6.07, 6.45) is 4.37. The van der Waals surface area contributed by atoms with Crippen molar-refractivity contribution in [1.29, 1.82) is 0 Å². The van der Waals surface area contributed by atoms with Crippen LogP contribution in [0.25, 0.3) is 5.57 Å². The van der Waals surface area contributed by atoms with Crippen LogP contribution in [0.4, 0.5) is 15.8 Å². The van der Waals surface area contributed by atoms with E-state index in [1.165, 1.54) is 6.07 Å². The summed E-state index contributed by atoms with van der Waals surface area (Å²) in [6.45, 7) is 3.84. The van der Waals surface area contributed by atoms with Crippen LogP contribution in [0.3, 0.4) is 0 Å². The van der Waals surface area contributed by atoms with Gasteiger partial charge in [-0.05, 0) is 49.0 Å². The molecule has 2 aliphatic carbocycles. The Morgan fingerprint density at radius 1 is 1.46 bits per heavy atom. The van der Waals surface area contributed by atoms with Crippen molar-refractivity contribution in [3.63, 3.8) is 0 Å². The smallest absolute Gasteiger partial charge is 0.298 e. The van der Waals surface area contributed by atoms with Crippen molar-refractivity contribution < 1.29 is 14.1 Å². The number of carbonyl (C=O) groups is 1.